The number of fused-ring (bicyclic) bond motifs is 1. The molecule has 1 atom stereocenters. The van der Waals surface area contributed by atoms with Crippen molar-refractivity contribution in [3.63, 3.8) is 0 Å². The van der Waals surface area contributed by atoms with Crippen LogP contribution in [0.15, 0.2) is 81.8 Å². The van der Waals surface area contributed by atoms with E-state index in [9.17, 15) is 9.59 Å². The van der Waals surface area contributed by atoms with Gasteiger partial charge in [0, 0.05) is 4.90 Å². The highest BCUT2D eigenvalue weighted by molar-refractivity contribution is 8.00. The van der Waals surface area contributed by atoms with Gasteiger partial charge in [-0.2, -0.15) is 0 Å². The van der Waals surface area contributed by atoms with Gasteiger partial charge in [0.25, 0.3) is 5.56 Å². The van der Waals surface area contributed by atoms with Crippen molar-refractivity contribution in [3.05, 3.63) is 93.9 Å². The van der Waals surface area contributed by atoms with E-state index in [4.69, 9.17) is 4.74 Å². The van der Waals surface area contributed by atoms with Crippen LogP contribution in [0.1, 0.15) is 16.6 Å². The summed E-state index contributed by atoms with van der Waals surface area (Å²) in [7, 11) is 0. The monoisotopic (exact) mass is 408 g/mol. The van der Waals surface area contributed by atoms with Crippen LogP contribution in [-0.4, -0.2) is 15.9 Å². The van der Waals surface area contributed by atoms with Gasteiger partial charge < -0.3 is 9.72 Å². The maximum Gasteiger partial charge on any atom is 0.324 e. The number of nitrogens with one attached hydrogen (secondary N) is 1. The molecule has 0 saturated heterocycles. The highest BCUT2D eigenvalue weighted by Crippen LogP contribution is 2.36. The molecule has 0 bridgehead atoms. The van der Waals surface area contributed by atoms with E-state index in [-0.39, 0.29) is 18.1 Å². The second-order valence-corrected chi connectivity index (χ2v) is 8.07. The van der Waals surface area contributed by atoms with Crippen molar-refractivity contribution in [2.75, 3.05) is 0 Å². The summed E-state index contributed by atoms with van der Waals surface area (Å²) in [5, 5.41) is 1.30. The molecule has 140 valence electrons. The summed E-state index contributed by atoms with van der Waals surface area (Å²) in [4.78, 5) is 32.9. The normalized spacial score (nSPS) is 12.0. The van der Waals surface area contributed by atoms with Gasteiger partial charge in [0.2, 0.25) is 0 Å². The van der Waals surface area contributed by atoms with Gasteiger partial charge in [0.1, 0.15) is 22.4 Å². The van der Waals surface area contributed by atoms with Gasteiger partial charge in [-0.05, 0) is 29.1 Å². The average Bonchev–Trinajstić information content (AvgIpc) is 3.21. The lowest BCUT2D eigenvalue weighted by atomic mass is 10.1. The first kappa shape index (κ1) is 18.5. The number of aromatic amines is 1. The van der Waals surface area contributed by atoms with Gasteiger partial charge in [-0.3, -0.25) is 9.59 Å². The van der Waals surface area contributed by atoms with Crippen molar-refractivity contribution in [1.29, 1.82) is 0 Å². The summed E-state index contributed by atoms with van der Waals surface area (Å²) in [6.07, 6.45) is 0. The third-order valence-electron chi connectivity index (χ3n) is 4.03. The number of carbonyl (C=O) groups is 1. The molecule has 0 radical (unpaired) electrons. The van der Waals surface area contributed by atoms with Gasteiger partial charge in [-0.1, -0.05) is 48.5 Å². The molecule has 0 unspecified atom stereocenters. The Morgan fingerprint density at radius 3 is 2.54 bits per heavy atom. The molecular formula is C21H16N2O3S2. The maximum absolute atomic E-state index is 12.9. The van der Waals surface area contributed by atoms with E-state index >= 15 is 0 Å². The number of nitrogens with zero attached hydrogens (tertiary/aromatic N) is 1. The molecule has 0 aliphatic carbocycles. The molecule has 1 N–H and O–H groups in total. The maximum atomic E-state index is 12.9. The Balaban J connectivity index is 1.54. The highest BCUT2D eigenvalue weighted by Gasteiger charge is 2.24. The van der Waals surface area contributed by atoms with Gasteiger partial charge >= 0.3 is 5.97 Å². The Bertz CT molecular complexity index is 1140. The molecule has 28 heavy (non-hydrogen) atoms. The Kier molecular flexibility index (Phi) is 5.55. The number of thioether (sulfide) groups is 1. The molecule has 7 heteroatoms. The first-order chi connectivity index (χ1) is 13.7. The first-order valence-corrected chi connectivity index (χ1v) is 10.4. The molecule has 4 rings (SSSR count). The molecule has 0 fully saturated rings. The summed E-state index contributed by atoms with van der Waals surface area (Å²) < 4.78 is 6.07. The zero-order chi connectivity index (χ0) is 19.3. The topological polar surface area (TPSA) is 72.0 Å². The molecular weight excluding hydrogens is 392 g/mol. The molecule has 0 aliphatic rings. The number of rotatable bonds is 6. The minimum absolute atomic E-state index is 0.0848. The van der Waals surface area contributed by atoms with Gasteiger partial charge in [-0.15, -0.1) is 23.1 Å². The minimum Gasteiger partial charge on any atom is -0.456 e. The fourth-order valence-corrected chi connectivity index (χ4v) is 4.49. The van der Waals surface area contributed by atoms with E-state index in [1.165, 1.54) is 23.1 Å². The van der Waals surface area contributed by atoms with E-state index in [0.717, 1.165) is 10.5 Å². The number of thiophene rings is 1. The minimum atomic E-state index is -0.514. The van der Waals surface area contributed by atoms with E-state index in [2.05, 4.69) is 9.97 Å². The Hall–Kier alpha value is -2.90. The predicted molar refractivity (Wildman–Crippen MR) is 112 cm³/mol. The van der Waals surface area contributed by atoms with Crippen LogP contribution in [0, 0.1) is 0 Å². The number of H-pyrrole nitrogens is 1. The van der Waals surface area contributed by atoms with Crippen LogP contribution < -0.4 is 5.56 Å². The summed E-state index contributed by atoms with van der Waals surface area (Å²) in [6.45, 7) is -0.0848. The van der Waals surface area contributed by atoms with Crippen molar-refractivity contribution in [1.82, 2.24) is 9.97 Å². The van der Waals surface area contributed by atoms with Crippen molar-refractivity contribution in [3.8, 4) is 0 Å². The standard InChI is InChI=1S/C21H16N2O3S2/c24-20-19-16(11-12-27-19)22-17(23-20)13-26-21(25)18(14-7-3-1-4-8-14)28-15-9-5-2-6-10-15/h1-12,18H,13H2,(H,22,23,24)/t18-/m0/s1. The molecule has 0 aliphatic heterocycles. The van der Waals surface area contributed by atoms with Crippen molar-refractivity contribution in [2.24, 2.45) is 0 Å². The fourth-order valence-electron chi connectivity index (χ4n) is 2.72. The highest BCUT2D eigenvalue weighted by atomic mass is 32.2. The van der Waals surface area contributed by atoms with Gasteiger partial charge in [0.15, 0.2) is 0 Å². The molecule has 2 heterocycles. The molecule has 2 aromatic heterocycles. The Morgan fingerprint density at radius 2 is 1.79 bits per heavy atom. The van der Waals surface area contributed by atoms with E-state index in [1.807, 2.05) is 66.0 Å². The number of esters is 1. The lowest BCUT2D eigenvalue weighted by molar-refractivity contribution is -0.144. The molecule has 2 aromatic carbocycles. The third kappa shape index (κ3) is 4.16. The van der Waals surface area contributed by atoms with Crippen LogP contribution >= 0.6 is 23.1 Å². The summed E-state index contributed by atoms with van der Waals surface area (Å²) in [5.41, 5.74) is 1.25. The number of hydrogen-bond donors (Lipinski definition) is 1. The molecule has 5 nitrogen and oxygen atoms in total. The Labute approximate surface area is 169 Å². The molecule has 0 saturated carbocycles. The lowest BCUT2D eigenvalue weighted by Gasteiger charge is -2.16. The summed E-state index contributed by atoms with van der Waals surface area (Å²) in [6, 6.07) is 21.0. The smallest absolute Gasteiger partial charge is 0.324 e. The van der Waals surface area contributed by atoms with E-state index < -0.39 is 5.25 Å². The average molecular weight is 409 g/mol. The second-order valence-electron chi connectivity index (χ2n) is 5.98. The number of carbonyl (C=O) groups excluding carboxylic acids is 1. The van der Waals surface area contributed by atoms with E-state index in [0.29, 0.717) is 16.0 Å². The van der Waals surface area contributed by atoms with Crippen LogP contribution in [-0.2, 0) is 16.1 Å². The fraction of sp³-hybridized carbons (Fsp3) is 0.0952. The first-order valence-electron chi connectivity index (χ1n) is 8.60. The largest absolute Gasteiger partial charge is 0.456 e. The zero-order valence-corrected chi connectivity index (χ0v) is 16.3. The molecule has 0 amide bonds. The van der Waals surface area contributed by atoms with Crippen LogP contribution in [0.5, 0.6) is 0 Å². The van der Waals surface area contributed by atoms with Crippen LogP contribution in [0.25, 0.3) is 10.2 Å². The SMILES string of the molecule is O=C(OCc1nc2ccsc2c(=O)[nH]1)[C@@H](Sc1ccccc1)c1ccccc1. The lowest BCUT2D eigenvalue weighted by Crippen LogP contribution is -2.16. The van der Waals surface area contributed by atoms with Crippen molar-refractivity contribution >= 4 is 39.3 Å². The van der Waals surface area contributed by atoms with E-state index in [1.54, 1.807) is 6.07 Å². The van der Waals surface area contributed by atoms with Crippen LogP contribution in [0.2, 0.25) is 0 Å². The number of aromatic nitrogens is 2. The third-order valence-corrected chi connectivity index (χ3v) is 6.18. The van der Waals surface area contributed by atoms with Crippen molar-refractivity contribution < 1.29 is 9.53 Å². The summed E-state index contributed by atoms with van der Waals surface area (Å²) in [5.74, 6) is -0.0473. The summed E-state index contributed by atoms with van der Waals surface area (Å²) >= 11 is 2.76. The number of hydrogen-bond acceptors (Lipinski definition) is 6. The zero-order valence-electron chi connectivity index (χ0n) is 14.7. The van der Waals surface area contributed by atoms with Crippen LogP contribution in [0.4, 0.5) is 0 Å². The number of benzene rings is 2. The molecule has 4 aromatic rings. The van der Waals surface area contributed by atoms with Crippen molar-refractivity contribution in [2.45, 2.75) is 16.8 Å². The number of ether oxygens (including phenoxy) is 1. The quantitative estimate of drug-likeness (QED) is 0.374. The second kappa shape index (κ2) is 8.41. The van der Waals surface area contributed by atoms with Gasteiger partial charge in [-0.25, -0.2) is 4.98 Å². The predicted octanol–water partition coefficient (Wildman–Crippen LogP) is 4.56. The Morgan fingerprint density at radius 1 is 1.07 bits per heavy atom. The van der Waals surface area contributed by atoms with Gasteiger partial charge in [0.05, 0.1) is 5.52 Å². The van der Waals surface area contributed by atoms with Crippen LogP contribution in [0.3, 0.4) is 0 Å². The molecule has 0 spiro atoms.